The van der Waals surface area contributed by atoms with Crippen LogP contribution in [0.3, 0.4) is 0 Å². The molecule has 0 saturated carbocycles. The minimum Gasteiger partial charge on any atom is -0.484 e. The number of rotatable bonds is 7. The van der Waals surface area contributed by atoms with Crippen LogP contribution in [0.1, 0.15) is 10.5 Å². The van der Waals surface area contributed by atoms with E-state index < -0.39 is 11.9 Å². The molecule has 4 amide bonds. The molecule has 1 heterocycles. The summed E-state index contributed by atoms with van der Waals surface area (Å²) in [7, 11) is 1.54. The largest absolute Gasteiger partial charge is 0.484 e. The van der Waals surface area contributed by atoms with E-state index in [0.717, 1.165) is 11.1 Å². The molecule has 2 aromatic carbocycles. The van der Waals surface area contributed by atoms with Gasteiger partial charge in [0.05, 0.1) is 17.6 Å². The van der Waals surface area contributed by atoms with E-state index in [1.807, 2.05) is 30.3 Å². The van der Waals surface area contributed by atoms with Gasteiger partial charge in [0.2, 0.25) is 0 Å². The zero-order chi connectivity index (χ0) is 21.7. The van der Waals surface area contributed by atoms with E-state index in [2.05, 4.69) is 15.7 Å². The molecule has 0 saturated heterocycles. The van der Waals surface area contributed by atoms with Crippen LogP contribution in [0.25, 0.3) is 16.8 Å². The van der Waals surface area contributed by atoms with Gasteiger partial charge in [-0.15, -0.1) is 0 Å². The number of aromatic nitrogens is 2. The number of urea groups is 1. The summed E-state index contributed by atoms with van der Waals surface area (Å²) in [5.41, 5.74) is 12.9. The van der Waals surface area contributed by atoms with Crippen LogP contribution in [-0.4, -0.2) is 41.3 Å². The first-order valence-corrected chi connectivity index (χ1v) is 8.87. The molecule has 0 atom stereocenters. The third kappa shape index (κ3) is 4.73. The van der Waals surface area contributed by atoms with Gasteiger partial charge in [0.25, 0.3) is 11.8 Å². The summed E-state index contributed by atoms with van der Waals surface area (Å²) >= 11 is 0. The molecular weight excluding hydrogens is 388 g/mol. The molecule has 154 valence electrons. The average molecular weight is 408 g/mol. The van der Waals surface area contributed by atoms with Crippen molar-refractivity contribution < 1.29 is 19.1 Å². The monoisotopic (exact) mass is 408 g/mol. The smallest absolute Gasteiger partial charge is 0.316 e. The lowest BCUT2D eigenvalue weighted by Gasteiger charge is -2.08. The van der Waals surface area contributed by atoms with Crippen LogP contribution < -0.4 is 26.8 Å². The predicted octanol–water partition coefficient (Wildman–Crippen LogP) is 1.25. The molecule has 3 aromatic rings. The molecule has 0 aliphatic carbocycles. The van der Waals surface area contributed by atoms with Crippen molar-refractivity contribution in [1.82, 2.24) is 15.1 Å². The molecule has 0 aliphatic rings. The van der Waals surface area contributed by atoms with Crippen LogP contribution in [-0.2, 0) is 4.79 Å². The lowest BCUT2D eigenvalue weighted by atomic mass is 10.1. The van der Waals surface area contributed by atoms with Crippen LogP contribution in [0.15, 0.2) is 54.7 Å². The summed E-state index contributed by atoms with van der Waals surface area (Å²) in [5, 5.41) is 8.93. The number of nitrogens with two attached hydrogens (primary N) is 2. The lowest BCUT2D eigenvalue weighted by Crippen LogP contribution is -2.24. The Balaban J connectivity index is 1.83. The van der Waals surface area contributed by atoms with Crippen LogP contribution in [0, 0.1) is 0 Å². The fourth-order valence-electron chi connectivity index (χ4n) is 2.71. The number of hydrogen-bond donors (Lipinski definition) is 4. The van der Waals surface area contributed by atoms with Crippen molar-refractivity contribution in [1.29, 1.82) is 0 Å². The van der Waals surface area contributed by atoms with Gasteiger partial charge in [-0.05, 0) is 35.4 Å². The molecule has 0 spiro atoms. The van der Waals surface area contributed by atoms with Gasteiger partial charge in [-0.2, -0.15) is 5.10 Å². The fraction of sp³-hybridized carbons (Fsp3) is 0.100. The average Bonchev–Trinajstić information content (AvgIpc) is 3.15. The Bertz CT molecular complexity index is 1090. The number of primary amides is 2. The molecule has 10 nitrogen and oxygen atoms in total. The van der Waals surface area contributed by atoms with E-state index in [0.29, 0.717) is 11.4 Å². The van der Waals surface area contributed by atoms with Crippen molar-refractivity contribution in [2.24, 2.45) is 11.5 Å². The molecule has 0 fully saturated rings. The molecule has 0 unspecified atom stereocenters. The topological polar surface area (TPSA) is 154 Å². The Labute approximate surface area is 171 Å². The van der Waals surface area contributed by atoms with Gasteiger partial charge in [0.15, 0.2) is 12.3 Å². The quantitative estimate of drug-likeness (QED) is 0.463. The molecule has 0 radical (unpaired) electrons. The van der Waals surface area contributed by atoms with Crippen LogP contribution >= 0.6 is 0 Å². The number of carbonyl (C=O) groups excluding carboxylic acids is 3. The van der Waals surface area contributed by atoms with Gasteiger partial charge in [0.1, 0.15) is 5.75 Å². The molecule has 3 rings (SSSR count). The number of ether oxygens (including phenoxy) is 1. The number of likely N-dealkylation sites (N-methyl/N-ethyl adjacent to an activating group) is 1. The molecule has 10 heteroatoms. The molecule has 0 aliphatic heterocycles. The second kappa shape index (κ2) is 8.78. The standard InChI is InChI=1S/C20H20N6O4/c1-23-17(27)11-30-15-4-2-3-13(9-15)12-5-7-14(8-6-12)26-10-16(24-20(22)29)18(25-26)19(21)28/h2-10H,11H2,1H3,(H2,21,28)(H,23,27)(H3,22,24,29). The zero-order valence-electron chi connectivity index (χ0n) is 16.1. The van der Waals surface area contributed by atoms with Crippen molar-refractivity contribution in [3.05, 3.63) is 60.4 Å². The second-order valence-corrected chi connectivity index (χ2v) is 6.23. The van der Waals surface area contributed by atoms with Crippen molar-refractivity contribution in [3.8, 4) is 22.6 Å². The van der Waals surface area contributed by atoms with Gasteiger partial charge in [-0.1, -0.05) is 24.3 Å². The summed E-state index contributed by atoms with van der Waals surface area (Å²) in [6.07, 6.45) is 1.45. The maximum atomic E-state index is 11.6. The molecular formula is C20H20N6O4. The first-order chi connectivity index (χ1) is 14.4. The van der Waals surface area contributed by atoms with Gasteiger partial charge < -0.3 is 26.8 Å². The Kier molecular flexibility index (Phi) is 5.97. The van der Waals surface area contributed by atoms with E-state index >= 15 is 0 Å². The number of anilines is 1. The zero-order valence-corrected chi connectivity index (χ0v) is 16.1. The lowest BCUT2D eigenvalue weighted by molar-refractivity contribution is -0.122. The van der Waals surface area contributed by atoms with Crippen molar-refractivity contribution in [2.75, 3.05) is 19.0 Å². The highest BCUT2D eigenvalue weighted by Crippen LogP contribution is 2.25. The summed E-state index contributed by atoms with van der Waals surface area (Å²) in [6, 6.07) is 13.8. The first-order valence-electron chi connectivity index (χ1n) is 8.87. The van der Waals surface area contributed by atoms with E-state index in [-0.39, 0.29) is 23.9 Å². The molecule has 0 bridgehead atoms. The molecule has 6 N–H and O–H groups in total. The number of hydrogen-bond acceptors (Lipinski definition) is 5. The van der Waals surface area contributed by atoms with Crippen LogP contribution in [0.5, 0.6) is 5.75 Å². The third-order valence-corrected chi connectivity index (χ3v) is 4.15. The summed E-state index contributed by atoms with van der Waals surface area (Å²) < 4.78 is 6.88. The highest BCUT2D eigenvalue weighted by Gasteiger charge is 2.16. The maximum Gasteiger partial charge on any atom is 0.316 e. The van der Waals surface area contributed by atoms with Crippen molar-refractivity contribution >= 4 is 23.5 Å². The van der Waals surface area contributed by atoms with Gasteiger partial charge in [-0.3, -0.25) is 9.59 Å². The Morgan fingerprint density at radius 1 is 1.07 bits per heavy atom. The fourth-order valence-corrected chi connectivity index (χ4v) is 2.71. The highest BCUT2D eigenvalue weighted by atomic mass is 16.5. The van der Waals surface area contributed by atoms with Gasteiger partial charge in [0, 0.05) is 7.05 Å². The van der Waals surface area contributed by atoms with E-state index in [4.69, 9.17) is 16.2 Å². The number of benzene rings is 2. The SMILES string of the molecule is CNC(=O)COc1cccc(-c2ccc(-n3cc(NC(N)=O)c(C(N)=O)n3)cc2)c1. The van der Waals surface area contributed by atoms with Crippen molar-refractivity contribution in [2.45, 2.75) is 0 Å². The minimum absolute atomic E-state index is 0.0674. The van der Waals surface area contributed by atoms with E-state index in [1.165, 1.54) is 10.9 Å². The number of nitrogens with one attached hydrogen (secondary N) is 2. The number of amides is 4. The Hall–Kier alpha value is -4.34. The van der Waals surface area contributed by atoms with E-state index in [9.17, 15) is 14.4 Å². The van der Waals surface area contributed by atoms with Crippen molar-refractivity contribution in [3.63, 3.8) is 0 Å². The number of nitrogens with zero attached hydrogens (tertiary/aromatic N) is 2. The second-order valence-electron chi connectivity index (χ2n) is 6.23. The molecule has 1 aromatic heterocycles. The summed E-state index contributed by atoms with van der Waals surface area (Å²) in [4.78, 5) is 34.0. The Morgan fingerprint density at radius 2 is 1.80 bits per heavy atom. The van der Waals surface area contributed by atoms with Gasteiger partial charge in [-0.25, -0.2) is 9.48 Å². The van der Waals surface area contributed by atoms with Crippen LogP contribution in [0.4, 0.5) is 10.5 Å². The van der Waals surface area contributed by atoms with Crippen LogP contribution in [0.2, 0.25) is 0 Å². The maximum absolute atomic E-state index is 11.6. The predicted molar refractivity (Wildman–Crippen MR) is 110 cm³/mol. The third-order valence-electron chi connectivity index (χ3n) is 4.15. The normalized spacial score (nSPS) is 10.3. The van der Waals surface area contributed by atoms with E-state index in [1.54, 1.807) is 25.2 Å². The Morgan fingerprint density at radius 3 is 2.43 bits per heavy atom. The highest BCUT2D eigenvalue weighted by molar-refractivity contribution is 6.00. The minimum atomic E-state index is -0.828. The van der Waals surface area contributed by atoms with Gasteiger partial charge >= 0.3 is 6.03 Å². The summed E-state index contributed by atoms with van der Waals surface area (Å²) in [6.45, 7) is -0.0674. The summed E-state index contributed by atoms with van der Waals surface area (Å²) in [5.74, 6) is -0.437. The molecule has 30 heavy (non-hydrogen) atoms. The first kappa shape index (κ1) is 20.4. The number of carbonyl (C=O) groups is 3.